The van der Waals surface area contributed by atoms with Crippen LogP contribution >= 0.6 is 11.6 Å². The van der Waals surface area contributed by atoms with E-state index in [0.29, 0.717) is 5.02 Å². The summed E-state index contributed by atoms with van der Waals surface area (Å²) in [7, 11) is 0. The summed E-state index contributed by atoms with van der Waals surface area (Å²) in [6, 6.07) is 13.4. The first-order chi connectivity index (χ1) is 9.16. The molecule has 0 bridgehead atoms. The van der Waals surface area contributed by atoms with Crippen molar-refractivity contribution in [2.24, 2.45) is 0 Å². The molecule has 1 aliphatic heterocycles. The molecule has 19 heavy (non-hydrogen) atoms. The van der Waals surface area contributed by atoms with Gasteiger partial charge in [0.15, 0.2) is 0 Å². The van der Waals surface area contributed by atoms with Crippen molar-refractivity contribution in [3.05, 3.63) is 58.6 Å². The van der Waals surface area contributed by atoms with Gasteiger partial charge in [-0.3, -0.25) is 9.69 Å². The fourth-order valence-electron chi connectivity index (χ4n) is 2.34. The maximum atomic E-state index is 12.0. The predicted octanol–water partition coefficient (Wildman–Crippen LogP) is 4.51. The molecule has 0 N–H and O–H groups in total. The standard InChI is InChI=1S/C16H12ClNO/c1-11(19)18-15-5-3-2-4-12(15)6-7-13-10-14(17)8-9-16(13)18/h2-10H,1H3. The third kappa shape index (κ3) is 2.04. The summed E-state index contributed by atoms with van der Waals surface area (Å²) in [5.74, 6) is -0.0141. The van der Waals surface area contributed by atoms with Crippen LogP contribution in [0.25, 0.3) is 12.2 Å². The first-order valence-electron chi connectivity index (χ1n) is 6.04. The van der Waals surface area contributed by atoms with Crippen LogP contribution < -0.4 is 4.90 Å². The van der Waals surface area contributed by atoms with E-state index >= 15 is 0 Å². The lowest BCUT2D eigenvalue weighted by Gasteiger charge is -2.23. The van der Waals surface area contributed by atoms with E-state index in [1.165, 1.54) is 0 Å². The number of hydrogen-bond acceptors (Lipinski definition) is 1. The van der Waals surface area contributed by atoms with Gasteiger partial charge in [0.1, 0.15) is 0 Å². The molecule has 3 heteroatoms. The lowest BCUT2D eigenvalue weighted by molar-refractivity contribution is -0.115. The number of anilines is 2. The molecule has 0 saturated carbocycles. The highest BCUT2D eigenvalue weighted by Gasteiger charge is 2.20. The molecule has 2 aromatic carbocycles. The van der Waals surface area contributed by atoms with Crippen LogP contribution in [0.3, 0.4) is 0 Å². The third-order valence-electron chi connectivity index (χ3n) is 3.17. The zero-order valence-corrected chi connectivity index (χ0v) is 11.2. The van der Waals surface area contributed by atoms with E-state index in [9.17, 15) is 4.79 Å². The lowest BCUT2D eigenvalue weighted by atomic mass is 10.1. The van der Waals surface area contributed by atoms with Gasteiger partial charge in [0, 0.05) is 17.5 Å². The van der Waals surface area contributed by atoms with Crippen LogP contribution in [0, 0.1) is 0 Å². The lowest BCUT2D eigenvalue weighted by Crippen LogP contribution is -2.23. The second kappa shape index (κ2) is 4.56. The molecule has 94 valence electrons. The summed E-state index contributed by atoms with van der Waals surface area (Å²) in [6.07, 6.45) is 4.00. The number of amides is 1. The van der Waals surface area contributed by atoms with Gasteiger partial charge in [0.2, 0.25) is 5.91 Å². The Balaban J connectivity index is 2.30. The van der Waals surface area contributed by atoms with Crippen molar-refractivity contribution in [1.29, 1.82) is 0 Å². The minimum Gasteiger partial charge on any atom is -0.280 e. The highest BCUT2D eigenvalue weighted by molar-refractivity contribution is 6.31. The fourth-order valence-corrected chi connectivity index (χ4v) is 2.52. The van der Waals surface area contributed by atoms with Crippen LogP contribution in [0.4, 0.5) is 11.4 Å². The van der Waals surface area contributed by atoms with Gasteiger partial charge in [-0.2, -0.15) is 0 Å². The van der Waals surface area contributed by atoms with Gasteiger partial charge >= 0.3 is 0 Å². The molecule has 1 amide bonds. The number of rotatable bonds is 0. The minimum atomic E-state index is -0.0141. The highest BCUT2D eigenvalue weighted by Crippen LogP contribution is 2.37. The number of fused-ring (bicyclic) bond motifs is 2. The number of para-hydroxylation sites is 1. The van der Waals surface area contributed by atoms with Crippen molar-refractivity contribution in [3.63, 3.8) is 0 Å². The fraction of sp³-hybridized carbons (Fsp3) is 0.0625. The molecule has 0 saturated heterocycles. The molecule has 2 nitrogen and oxygen atoms in total. The van der Waals surface area contributed by atoms with Crippen LogP contribution in [0.2, 0.25) is 5.02 Å². The quantitative estimate of drug-likeness (QED) is 0.689. The molecule has 1 aliphatic rings. The van der Waals surface area contributed by atoms with E-state index in [1.54, 1.807) is 17.9 Å². The van der Waals surface area contributed by atoms with Gasteiger partial charge in [-0.25, -0.2) is 0 Å². The van der Waals surface area contributed by atoms with E-state index in [-0.39, 0.29) is 5.91 Å². The highest BCUT2D eigenvalue weighted by atomic mass is 35.5. The Hall–Kier alpha value is -2.06. The van der Waals surface area contributed by atoms with Crippen molar-refractivity contribution >= 4 is 41.0 Å². The molecule has 0 fully saturated rings. The SMILES string of the molecule is CC(=O)N1c2ccccc2C=Cc2cc(Cl)ccc21. The van der Waals surface area contributed by atoms with Gasteiger partial charge in [-0.15, -0.1) is 0 Å². The number of carbonyl (C=O) groups is 1. The number of benzene rings is 2. The topological polar surface area (TPSA) is 20.3 Å². The minimum absolute atomic E-state index is 0.0141. The molecule has 0 atom stereocenters. The monoisotopic (exact) mass is 269 g/mol. The summed E-state index contributed by atoms with van der Waals surface area (Å²) in [6.45, 7) is 1.57. The molecule has 0 radical (unpaired) electrons. The Labute approximate surface area is 116 Å². The molecule has 3 rings (SSSR count). The summed E-state index contributed by atoms with van der Waals surface area (Å²) < 4.78 is 0. The Morgan fingerprint density at radius 1 is 1.00 bits per heavy atom. The Bertz CT molecular complexity index is 691. The number of hydrogen-bond donors (Lipinski definition) is 0. The molecule has 1 heterocycles. The number of carbonyl (C=O) groups excluding carboxylic acids is 1. The van der Waals surface area contributed by atoms with E-state index < -0.39 is 0 Å². The van der Waals surface area contributed by atoms with Gasteiger partial charge in [-0.1, -0.05) is 42.0 Å². The average molecular weight is 270 g/mol. The van der Waals surface area contributed by atoms with Gasteiger partial charge in [0.05, 0.1) is 11.4 Å². The molecule has 0 unspecified atom stereocenters. The molecular formula is C16H12ClNO. The van der Waals surface area contributed by atoms with Crippen molar-refractivity contribution in [3.8, 4) is 0 Å². The van der Waals surface area contributed by atoms with E-state index in [4.69, 9.17) is 11.6 Å². The Morgan fingerprint density at radius 3 is 2.47 bits per heavy atom. The molecule has 0 aromatic heterocycles. The smallest absolute Gasteiger partial charge is 0.228 e. The second-order valence-electron chi connectivity index (χ2n) is 4.45. The van der Waals surface area contributed by atoms with Crippen LogP contribution in [0.5, 0.6) is 0 Å². The number of halogens is 1. The van der Waals surface area contributed by atoms with Crippen molar-refractivity contribution < 1.29 is 4.79 Å². The van der Waals surface area contributed by atoms with Gasteiger partial charge in [-0.05, 0) is 29.8 Å². The normalized spacial score (nSPS) is 12.6. The van der Waals surface area contributed by atoms with Crippen LogP contribution in [0.15, 0.2) is 42.5 Å². The van der Waals surface area contributed by atoms with Crippen LogP contribution in [-0.2, 0) is 4.79 Å². The first kappa shape index (κ1) is 12.0. The maximum Gasteiger partial charge on any atom is 0.228 e. The first-order valence-corrected chi connectivity index (χ1v) is 6.42. The van der Waals surface area contributed by atoms with Crippen molar-refractivity contribution in [2.45, 2.75) is 6.92 Å². The summed E-state index contributed by atoms with van der Waals surface area (Å²) in [5.41, 5.74) is 3.72. The molecule has 0 spiro atoms. The largest absolute Gasteiger partial charge is 0.280 e. The van der Waals surface area contributed by atoms with E-state index in [0.717, 1.165) is 22.5 Å². The predicted molar refractivity (Wildman–Crippen MR) is 79.6 cm³/mol. The Kier molecular flexibility index (Phi) is 2.88. The summed E-state index contributed by atoms with van der Waals surface area (Å²) >= 11 is 6.03. The number of nitrogens with zero attached hydrogens (tertiary/aromatic N) is 1. The van der Waals surface area contributed by atoms with E-state index in [1.807, 2.05) is 48.6 Å². The third-order valence-corrected chi connectivity index (χ3v) is 3.40. The van der Waals surface area contributed by atoms with Crippen molar-refractivity contribution in [1.82, 2.24) is 0 Å². The van der Waals surface area contributed by atoms with Crippen LogP contribution in [0.1, 0.15) is 18.1 Å². The average Bonchev–Trinajstić information content (AvgIpc) is 2.55. The Morgan fingerprint density at radius 2 is 1.68 bits per heavy atom. The summed E-state index contributed by atoms with van der Waals surface area (Å²) in [4.78, 5) is 13.8. The molecule has 0 aliphatic carbocycles. The van der Waals surface area contributed by atoms with Crippen LogP contribution in [-0.4, -0.2) is 5.91 Å². The zero-order chi connectivity index (χ0) is 13.4. The maximum absolute atomic E-state index is 12.0. The molecule has 2 aromatic rings. The molecular weight excluding hydrogens is 258 g/mol. The second-order valence-corrected chi connectivity index (χ2v) is 4.89. The summed E-state index contributed by atoms with van der Waals surface area (Å²) in [5, 5.41) is 0.665. The van der Waals surface area contributed by atoms with Crippen molar-refractivity contribution in [2.75, 3.05) is 4.90 Å². The zero-order valence-electron chi connectivity index (χ0n) is 10.4. The van der Waals surface area contributed by atoms with Gasteiger partial charge in [0.25, 0.3) is 0 Å². The van der Waals surface area contributed by atoms with E-state index in [2.05, 4.69) is 0 Å². The van der Waals surface area contributed by atoms with Gasteiger partial charge < -0.3 is 0 Å².